The van der Waals surface area contributed by atoms with Crippen LogP contribution in [0.15, 0.2) is 29.2 Å². The van der Waals surface area contributed by atoms with E-state index in [0.717, 1.165) is 5.56 Å². The van der Waals surface area contributed by atoms with Crippen molar-refractivity contribution < 1.29 is 17.9 Å². The predicted octanol–water partition coefficient (Wildman–Crippen LogP) is 1.75. The summed E-state index contributed by atoms with van der Waals surface area (Å²) in [6.45, 7) is 4.65. The van der Waals surface area contributed by atoms with Crippen LogP contribution < -0.4 is 4.72 Å². The summed E-state index contributed by atoms with van der Waals surface area (Å²) in [4.78, 5) is 0.249. The van der Waals surface area contributed by atoms with Gasteiger partial charge < -0.3 is 9.47 Å². The van der Waals surface area contributed by atoms with Crippen molar-refractivity contribution in [1.29, 1.82) is 0 Å². The SMILES string of the molecule is COCC(COC)NS(=O)(=O)c1ccc(C(C)C)cc1. The molecule has 0 aliphatic rings. The molecule has 0 unspecified atom stereocenters. The average molecular weight is 301 g/mol. The van der Waals surface area contributed by atoms with Gasteiger partial charge in [-0.15, -0.1) is 0 Å². The Kier molecular flexibility index (Phi) is 6.61. The first kappa shape index (κ1) is 17.1. The number of benzene rings is 1. The van der Waals surface area contributed by atoms with E-state index in [1.165, 1.54) is 14.2 Å². The van der Waals surface area contributed by atoms with Crippen LogP contribution in [0.4, 0.5) is 0 Å². The van der Waals surface area contributed by atoms with E-state index in [1.54, 1.807) is 12.1 Å². The second-order valence-electron chi connectivity index (χ2n) is 4.95. The van der Waals surface area contributed by atoms with Gasteiger partial charge in [0.1, 0.15) is 0 Å². The first-order valence-corrected chi connectivity index (χ1v) is 7.99. The Morgan fingerprint density at radius 1 is 1.05 bits per heavy atom. The standard InChI is InChI=1S/C14H23NO4S/c1-11(2)12-5-7-14(8-6-12)20(16,17)15-13(9-18-3)10-19-4/h5-8,11,13,15H,9-10H2,1-4H3. The van der Waals surface area contributed by atoms with Gasteiger partial charge in [0.2, 0.25) is 10.0 Å². The zero-order valence-corrected chi connectivity index (χ0v) is 13.2. The molecule has 0 saturated heterocycles. The molecule has 20 heavy (non-hydrogen) atoms. The third-order valence-corrected chi connectivity index (χ3v) is 4.45. The maximum atomic E-state index is 12.3. The number of methoxy groups -OCH3 is 2. The van der Waals surface area contributed by atoms with Crippen molar-refractivity contribution in [1.82, 2.24) is 4.72 Å². The normalized spacial score (nSPS) is 12.3. The van der Waals surface area contributed by atoms with Gasteiger partial charge in [0, 0.05) is 14.2 Å². The zero-order valence-electron chi connectivity index (χ0n) is 12.4. The fraction of sp³-hybridized carbons (Fsp3) is 0.571. The molecule has 0 aromatic heterocycles. The van der Waals surface area contributed by atoms with Crippen LogP contribution >= 0.6 is 0 Å². The molecule has 6 heteroatoms. The van der Waals surface area contributed by atoms with Gasteiger partial charge in [-0.2, -0.15) is 0 Å². The van der Waals surface area contributed by atoms with E-state index in [0.29, 0.717) is 5.92 Å². The Balaban J connectivity index is 2.86. The fourth-order valence-corrected chi connectivity index (χ4v) is 3.04. The molecule has 0 aliphatic carbocycles. The van der Waals surface area contributed by atoms with Crippen molar-refractivity contribution >= 4 is 10.0 Å². The van der Waals surface area contributed by atoms with Crippen molar-refractivity contribution in [3.05, 3.63) is 29.8 Å². The molecule has 0 bridgehead atoms. The molecule has 0 radical (unpaired) electrons. The predicted molar refractivity (Wildman–Crippen MR) is 78.4 cm³/mol. The Morgan fingerprint density at radius 2 is 1.55 bits per heavy atom. The van der Waals surface area contributed by atoms with Gasteiger partial charge >= 0.3 is 0 Å². The van der Waals surface area contributed by atoms with Crippen molar-refractivity contribution in [3.8, 4) is 0 Å². The maximum Gasteiger partial charge on any atom is 0.240 e. The number of ether oxygens (including phenoxy) is 2. The summed E-state index contributed by atoms with van der Waals surface area (Å²) in [5.74, 6) is 0.370. The molecule has 1 aromatic rings. The van der Waals surface area contributed by atoms with Crippen LogP contribution in [-0.2, 0) is 19.5 Å². The molecule has 0 aliphatic heterocycles. The van der Waals surface area contributed by atoms with Crippen LogP contribution in [0.5, 0.6) is 0 Å². The monoisotopic (exact) mass is 301 g/mol. The fourth-order valence-electron chi connectivity index (χ4n) is 1.84. The molecule has 1 N–H and O–H groups in total. The van der Waals surface area contributed by atoms with Crippen LogP contribution in [0.2, 0.25) is 0 Å². The second kappa shape index (κ2) is 7.73. The third kappa shape index (κ3) is 4.86. The van der Waals surface area contributed by atoms with Crippen LogP contribution in [0.3, 0.4) is 0 Å². The lowest BCUT2D eigenvalue weighted by Gasteiger charge is -2.17. The Morgan fingerprint density at radius 3 is 1.95 bits per heavy atom. The smallest absolute Gasteiger partial charge is 0.240 e. The molecular weight excluding hydrogens is 278 g/mol. The number of nitrogens with one attached hydrogen (secondary N) is 1. The molecule has 1 aromatic carbocycles. The topological polar surface area (TPSA) is 64.6 Å². The van der Waals surface area contributed by atoms with Crippen molar-refractivity contribution in [2.45, 2.75) is 30.7 Å². The van der Waals surface area contributed by atoms with Crippen molar-refractivity contribution in [2.75, 3.05) is 27.4 Å². The maximum absolute atomic E-state index is 12.3. The van der Waals surface area contributed by atoms with Crippen molar-refractivity contribution in [2.24, 2.45) is 0 Å². The molecule has 1 rings (SSSR count). The molecule has 0 saturated carbocycles. The molecule has 0 atom stereocenters. The summed E-state index contributed by atoms with van der Waals surface area (Å²) >= 11 is 0. The Hall–Kier alpha value is -0.950. The molecule has 0 fully saturated rings. The highest BCUT2D eigenvalue weighted by Gasteiger charge is 2.20. The lowest BCUT2D eigenvalue weighted by Crippen LogP contribution is -2.41. The number of sulfonamides is 1. The number of rotatable bonds is 8. The lowest BCUT2D eigenvalue weighted by molar-refractivity contribution is 0.112. The minimum atomic E-state index is -3.56. The largest absolute Gasteiger partial charge is 0.383 e. The van der Waals surface area contributed by atoms with Gasteiger partial charge in [-0.1, -0.05) is 26.0 Å². The summed E-state index contributed by atoms with van der Waals surface area (Å²) in [7, 11) is -0.512. The van der Waals surface area contributed by atoms with Gasteiger partial charge in [0.05, 0.1) is 24.2 Å². The molecule has 0 spiro atoms. The van der Waals surface area contributed by atoms with Gasteiger partial charge in [0.15, 0.2) is 0 Å². The zero-order chi connectivity index (χ0) is 15.2. The number of hydrogen-bond acceptors (Lipinski definition) is 4. The third-order valence-electron chi connectivity index (χ3n) is 2.91. The first-order valence-electron chi connectivity index (χ1n) is 6.51. The summed E-state index contributed by atoms with van der Waals surface area (Å²) in [5.41, 5.74) is 1.11. The highest BCUT2D eigenvalue weighted by molar-refractivity contribution is 7.89. The second-order valence-corrected chi connectivity index (χ2v) is 6.67. The minimum Gasteiger partial charge on any atom is -0.383 e. The highest BCUT2D eigenvalue weighted by Crippen LogP contribution is 2.17. The van der Waals surface area contributed by atoms with E-state index in [4.69, 9.17) is 9.47 Å². The summed E-state index contributed by atoms with van der Waals surface area (Å²) < 4.78 is 37.0. The van der Waals surface area contributed by atoms with Gasteiger partial charge in [-0.3, -0.25) is 0 Å². The van der Waals surface area contributed by atoms with E-state index in [1.807, 2.05) is 12.1 Å². The first-order chi connectivity index (χ1) is 9.40. The van der Waals surface area contributed by atoms with Gasteiger partial charge in [0.25, 0.3) is 0 Å². The molecule has 0 amide bonds. The van der Waals surface area contributed by atoms with E-state index < -0.39 is 16.1 Å². The van der Waals surface area contributed by atoms with Crippen molar-refractivity contribution in [3.63, 3.8) is 0 Å². The molecule has 0 heterocycles. The average Bonchev–Trinajstić information content (AvgIpc) is 2.39. The quantitative estimate of drug-likeness (QED) is 0.794. The van der Waals surface area contributed by atoms with E-state index >= 15 is 0 Å². The molecular formula is C14H23NO4S. The molecule has 5 nitrogen and oxygen atoms in total. The minimum absolute atomic E-state index is 0.249. The Labute approximate surface area is 121 Å². The summed E-state index contributed by atoms with van der Waals surface area (Å²) in [6.07, 6.45) is 0. The summed E-state index contributed by atoms with van der Waals surface area (Å²) in [5, 5.41) is 0. The lowest BCUT2D eigenvalue weighted by atomic mass is 10.0. The van der Waals surface area contributed by atoms with Crippen LogP contribution in [0, 0.1) is 0 Å². The van der Waals surface area contributed by atoms with E-state index in [9.17, 15) is 8.42 Å². The van der Waals surface area contributed by atoms with Crippen LogP contribution in [0.1, 0.15) is 25.3 Å². The highest BCUT2D eigenvalue weighted by atomic mass is 32.2. The van der Waals surface area contributed by atoms with Crippen LogP contribution in [0.25, 0.3) is 0 Å². The van der Waals surface area contributed by atoms with Gasteiger partial charge in [-0.05, 0) is 23.6 Å². The van der Waals surface area contributed by atoms with Crippen LogP contribution in [-0.4, -0.2) is 41.9 Å². The van der Waals surface area contributed by atoms with E-state index in [2.05, 4.69) is 18.6 Å². The van der Waals surface area contributed by atoms with E-state index in [-0.39, 0.29) is 18.1 Å². The summed E-state index contributed by atoms with van der Waals surface area (Å²) in [6, 6.07) is 6.50. The number of hydrogen-bond donors (Lipinski definition) is 1. The molecule has 114 valence electrons. The Bertz CT molecular complexity index is 490. The van der Waals surface area contributed by atoms with Gasteiger partial charge in [-0.25, -0.2) is 13.1 Å².